The summed E-state index contributed by atoms with van der Waals surface area (Å²) < 4.78 is 13.0. The maximum Gasteiger partial charge on any atom is 0.306 e. The summed E-state index contributed by atoms with van der Waals surface area (Å²) in [5.74, 6) is -1.82. The van der Waals surface area contributed by atoms with Crippen molar-refractivity contribution >= 4 is 5.97 Å². The summed E-state index contributed by atoms with van der Waals surface area (Å²) >= 11 is 0. The molecule has 1 aromatic carbocycles. The molecule has 0 saturated carbocycles. The van der Waals surface area contributed by atoms with Gasteiger partial charge in [-0.15, -0.1) is 0 Å². The van der Waals surface area contributed by atoms with Crippen LogP contribution in [0.1, 0.15) is 24.5 Å². The van der Waals surface area contributed by atoms with Gasteiger partial charge in [-0.3, -0.25) is 4.79 Å². The molecule has 0 saturated heterocycles. The quantitative estimate of drug-likeness (QED) is 0.848. The molecule has 0 bridgehead atoms. The minimum absolute atomic E-state index is 0.000443. The van der Waals surface area contributed by atoms with E-state index in [-0.39, 0.29) is 5.56 Å². The van der Waals surface area contributed by atoms with Gasteiger partial charge in [0, 0.05) is 0 Å². The largest absolute Gasteiger partial charge is 0.481 e. The summed E-state index contributed by atoms with van der Waals surface area (Å²) in [6.45, 7) is 1.62. The number of aryl methyl sites for hydroxylation is 1. The molecule has 0 aliphatic heterocycles. The van der Waals surface area contributed by atoms with E-state index < -0.39 is 17.7 Å². The van der Waals surface area contributed by atoms with Crippen molar-refractivity contribution in [1.82, 2.24) is 0 Å². The third-order valence-electron chi connectivity index (χ3n) is 2.44. The van der Waals surface area contributed by atoms with E-state index in [4.69, 9.17) is 10.4 Å². The Labute approximate surface area is 93.1 Å². The Morgan fingerprint density at radius 2 is 2.31 bits per heavy atom. The van der Waals surface area contributed by atoms with Crippen molar-refractivity contribution in [3.63, 3.8) is 0 Å². The first-order valence-electron chi connectivity index (χ1n) is 4.96. The van der Waals surface area contributed by atoms with Gasteiger partial charge in [0.05, 0.1) is 11.5 Å². The van der Waals surface area contributed by atoms with Gasteiger partial charge < -0.3 is 5.11 Å². The molecule has 0 radical (unpaired) electrons. The molecule has 0 aliphatic rings. The van der Waals surface area contributed by atoms with Crippen LogP contribution in [0, 0.1) is 23.1 Å². The van der Waals surface area contributed by atoms with Crippen molar-refractivity contribution in [3.05, 3.63) is 35.1 Å². The van der Waals surface area contributed by atoms with Crippen LogP contribution in [0.25, 0.3) is 0 Å². The average Bonchev–Trinajstić information content (AvgIpc) is 2.27. The lowest BCUT2D eigenvalue weighted by molar-refractivity contribution is -0.141. The number of nitrogens with zero attached hydrogens (tertiary/aromatic N) is 1. The van der Waals surface area contributed by atoms with Gasteiger partial charge in [0.1, 0.15) is 11.9 Å². The highest BCUT2D eigenvalue weighted by atomic mass is 19.1. The zero-order valence-electron chi connectivity index (χ0n) is 8.90. The number of hydrogen-bond donors (Lipinski definition) is 1. The molecule has 1 aromatic rings. The fourth-order valence-corrected chi connectivity index (χ4v) is 1.32. The lowest BCUT2D eigenvalue weighted by Gasteiger charge is -2.06. The monoisotopic (exact) mass is 221 g/mol. The first-order valence-corrected chi connectivity index (χ1v) is 4.96. The summed E-state index contributed by atoms with van der Waals surface area (Å²) in [7, 11) is 0. The third kappa shape index (κ3) is 3.06. The maximum atomic E-state index is 13.0. The Hall–Kier alpha value is -1.89. The summed E-state index contributed by atoms with van der Waals surface area (Å²) in [6, 6.07) is 6.03. The van der Waals surface area contributed by atoms with Crippen molar-refractivity contribution in [1.29, 1.82) is 5.26 Å². The molecule has 0 aliphatic carbocycles. The van der Waals surface area contributed by atoms with E-state index in [1.165, 1.54) is 12.1 Å². The molecule has 16 heavy (non-hydrogen) atoms. The van der Waals surface area contributed by atoms with Gasteiger partial charge in [0.25, 0.3) is 0 Å². The Morgan fingerprint density at radius 1 is 1.62 bits per heavy atom. The number of carboxylic acids is 1. The van der Waals surface area contributed by atoms with Gasteiger partial charge in [0.15, 0.2) is 0 Å². The van der Waals surface area contributed by atoms with E-state index in [1.807, 2.05) is 0 Å². The van der Waals surface area contributed by atoms with E-state index in [9.17, 15) is 9.18 Å². The maximum absolute atomic E-state index is 13.0. The van der Waals surface area contributed by atoms with Crippen LogP contribution in [0.4, 0.5) is 4.39 Å². The predicted octanol–water partition coefficient (Wildman–Crippen LogP) is 2.35. The predicted molar refractivity (Wildman–Crippen MR) is 56.2 cm³/mol. The van der Waals surface area contributed by atoms with Crippen LogP contribution in [0.15, 0.2) is 18.2 Å². The second-order valence-corrected chi connectivity index (χ2v) is 3.70. The SMILES string of the molecule is CC(CCc1ccc(F)c(C#N)c1)C(=O)O. The average molecular weight is 221 g/mol. The molecule has 84 valence electrons. The lowest BCUT2D eigenvalue weighted by Crippen LogP contribution is -2.10. The summed E-state index contributed by atoms with van der Waals surface area (Å²) in [5, 5.41) is 17.3. The molecule has 0 spiro atoms. The van der Waals surface area contributed by atoms with Crippen LogP contribution in [-0.4, -0.2) is 11.1 Å². The standard InChI is InChI=1S/C12H12FNO2/c1-8(12(15)16)2-3-9-4-5-11(13)10(6-9)7-14/h4-6,8H,2-3H2,1H3,(H,15,16). The number of halogens is 1. The Kier molecular flexibility index (Phi) is 4.01. The van der Waals surface area contributed by atoms with Gasteiger partial charge in [-0.1, -0.05) is 13.0 Å². The van der Waals surface area contributed by atoms with E-state index in [0.29, 0.717) is 12.8 Å². The Balaban J connectivity index is 2.69. The zero-order chi connectivity index (χ0) is 12.1. The van der Waals surface area contributed by atoms with Crippen molar-refractivity contribution in [2.24, 2.45) is 5.92 Å². The first-order chi connectivity index (χ1) is 7.54. The minimum atomic E-state index is -0.845. The molecule has 4 heteroatoms. The lowest BCUT2D eigenvalue weighted by atomic mass is 10.00. The summed E-state index contributed by atoms with van der Waals surface area (Å²) in [6.07, 6.45) is 1.01. The van der Waals surface area contributed by atoms with E-state index in [2.05, 4.69) is 0 Å². The Bertz CT molecular complexity index is 437. The normalized spacial score (nSPS) is 11.8. The van der Waals surface area contributed by atoms with E-state index in [0.717, 1.165) is 5.56 Å². The van der Waals surface area contributed by atoms with Gasteiger partial charge in [0.2, 0.25) is 0 Å². The highest BCUT2D eigenvalue weighted by Gasteiger charge is 2.11. The molecule has 0 amide bonds. The van der Waals surface area contributed by atoms with Gasteiger partial charge in [-0.05, 0) is 30.5 Å². The number of nitriles is 1. The Morgan fingerprint density at radius 3 is 2.88 bits per heavy atom. The number of hydrogen-bond acceptors (Lipinski definition) is 2. The van der Waals surface area contributed by atoms with E-state index >= 15 is 0 Å². The van der Waals surface area contributed by atoms with Crippen LogP contribution in [0.2, 0.25) is 0 Å². The van der Waals surface area contributed by atoms with Crippen molar-refractivity contribution < 1.29 is 14.3 Å². The van der Waals surface area contributed by atoms with Crippen LogP contribution in [0.5, 0.6) is 0 Å². The third-order valence-corrected chi connectivity index (χ3v) is 2.44. The smallest absolute Gasteiger partial charge is 0.306 e. The van der Waals surface area contributed by atoms with Crippen molar-refractivity contribution in [2.45, 2.75) is 19.8 Å². The second-order valence-electron chi connectivity index (χ2n) is 3.70. The highest BCUT2D eigenvalue weighted by molar-refractivity contribution is 5.69. The van der Waals surface area contributed by atoms with Gasteiger partial charge in [-0.2, -0.15) is 5.26 Å². The topological polar surface area (TPSA) is 61.1 Å². The molecule has 0 aromatic heterocycles. The number of benzene rings is 1. The number of aliphatic carboxylic acids is 1. The second kappa shape index (κ2) is 5.26. The molecule has 1 rings (SSSR count). The van der Waals surface area contributed by atoms with E-state index in [1.54, 1.807) is 19.1 Å². The number of carbonyl (C=O) groups is 1. The minimum Gasteiger partial charge on any atom is -0.481 e. The molecule has 1 N–H and O–H groups in total. The molecule has 0 heterocycles. The molecule has 0 fully saturated rings. The molecule has 1 unspecified atom stereocenters. The van der Waals surface area contributed by atoms with Crippen LogP contribution < -0.4 is 0 Å². The van der Waals surface area contributed by atoms with Gasteiger partial charge in [-0.25, -0.2) is 4.39 Å². The number of carboxylic acid groups (broad SMARTS) is 1. The molecular formula is C12H12FNO2. The first kappa shape index (κ1) is 12.2. The van der Waals surface area contributed by atoms with Crippen LogP contribution >= 0.6 is 0 Å². The molecule has 3 nitrogen and oxygen atoms in total. The van der Waals surface area contributed by atoms with Crippen molar-refractivity contribution in [3.8, 4) is 6.07 Å². The number of rotatable bonds is 4. The fraction of sp³-hybridized carbons (Fsp3) is 0.333. The zero-order valence-corrected chi connectivity index (χ0v) is 8.90. The molecule has 1 atom stereocenters. The summed E-state index contributed by atoms with van der Waals surface area (Å²) in [5.41, 5.74) is 0.784. The fourth-order valence-electron chi connectivity index (χ4n) is 1.32. The van der Waals surface area contributed by atoms with Crippen LogP contribution in [-0.2, 0) is 11.2 Å². The van der Waals surface area contributed by atoms with Crippen molar-refractivity contribution in [2.75, 3.05) is 0 Å². The summed E-state index contributed by atoms with van der Waals surface area (Å²) in [4.78, 5) is 10.6. The van der Waals surface area contributed by atoms with Gasteiger partial charge >= 0.3 is 5.97 Å². The van der Waals surface area contributed by atoms with Crippen LogP contribution in [0.3, 0.4) is 0 Å². The highest BCUT2D eigenvalue weighted by Crippen LogP contribution is 2.13. The molecular weight excluding hydrogens is 209 g/mol.